The number of carbonyl (C=O) groups excluding carboxylic acids is 2. The minimum Gasteiger partial charge on any atom is -0.357 e. The van der Waals surface area contributed by atoms with Crippen molar-refractivity contribution >= 4 is 43.5 Å². The Kier molecular flexibility index (Phi) is 10.1. The lowest BCUT2D eigenvalue weighted by Gasteiger charge is -2.33. The van der Waals surface area contributed by atoms with E-state index in [4.69, 9.17) is 0 Å². The largest absolute Gasteiger partial charge is 0.357 e. The second kappa shape index (κ2) is 13.8. The van der Waals surface area contributed by atoms with Crippen molar-refractivity contribution in [3.8, 4) is 0 Å². The van der Waals surface area contributed by atoms with Gasteiger partial charge in [0.15, 0.2) is 0 Å². The number of aryl methyl sites for hydroxylation is 1. The molecule has 0 fully saturated rings. The molecule has 42 heavy (non-hydrogen) atoms. The third kappa shape index (κ3) is 7.63. The number of nitrogens with zero attached hydrogens (tertiary/aromatic N) is 2. The van der Waals surface area contributed by atoms with Gasteiger partial charge in [0, 0.05) is 24.5 Å². The van der Waals surface area contributed by atoms with Crippen LogP contribution in [0, 0.1) is 12.7 Å². The van der Waals surface area contributed by atoms with Crippen LogP contribution in [0.1, 0.15) is 16.7 Å². The maximum Gasteiger partial charge on any atom is 0.264 e. The van der Waals surface area contributed by atoms with E-state index in [1.807, 2.05) is 61.5 Å². The molecule has 218 valence electrons. The predicted molar refractivity (Wildman–Crippen MR) is 165 cm³/mol. The highest BCUT2D eigenvalue weighted by molar-refractivity contribution is 9.10. The van der Waals surface area contributed by atoms with Crippen molar-refractivity contribution in [2.45, 2.75) is 30.8 Å². The topological polar surface area (TPSA) is 86.8 Å². The zero-order chi connectivity index (χ0) is 30.3. The molecule has 1 atom stereocenters. The minimum atomic E-state index is -4.24. The van der Waals surface area contributed by atoms with Gasteiger partial charge >= 0.3 is 0 Å². The predicted octanol–water partition coefficient (Wildman–Crippen LogP) is 5.48. The average Bonchev–Trinajstić information content (AvgIpc) is 2.99. The molecular formula is C32H31BrFN3O4S. The number of hydrogen-bond acceptors (Lipinski definition) is 4. The first kappa shape index (κ1) is 30.9. The smallest absolute Gasteiger partial charge is 0.264 e. The Morgan fingerprint density at radius 1 is 0.857 bits per heavy atom. The van der Waals surface area contributed by atoms with E-state index in [0.29, 0.717) is 0 Å². The molecule has 0 aliphatic heterocycles. The summed E-state index contributed by atoms with van der Waals surface area (Å²) in [7, 11) is -2.75. The van der Waals surface area contributed by atoms with Crippen LogP contribution in [0.25, 0.3) is 0 Å². The number of amides is 2. The number of carbonyl (C=O) groups is 2. The van der Waals surface area contributed by atoms with Gasteiger partial charge in [-0.2, -0.15) is 0 Å². The molecule has 0 saturated heterocycles. The summed E-state index contributed by atoms with van der Waals surface area (Å²) in [6, 6.07) is 26.8. The fourth-order valence-electron chi connectivity index (χ4n) is 4.48. The number of anilines is 1. The van der Waals surface area contributed by atoms with Crippen LogP contribution in [0.5, 0.6) is 0 Å². The van der Waals surface area contributed by atoms with Crippen molar-refractivity contribution in [1.82, 2.24) is 10.2 Å². The van der Waals surface area contributed by atoms with Crippen molar-refractivity contribution in [2.24, 2.45) is 0 Å². The summed E-state index contributed by atoms with van der Waals surface area (Å²) in [5.41, 5.74) is 2.58. The first-order valence-corrected chi connectivity index (χ1v) is 15.5. The molecule has 4 aromatic rings. The molecule has 0 unspecified atom stereocenters. The number of benzene rings is 4. The fourth-order valence-corrected chi connectivity index (χ4v) is 6.16. The van der Waals surface area contributed by atoms with Crippen molar-refractivity contribution in [3.05, 3.63) is 130 Å². The lowest BCUT2D eigenvalue weighted by molar-refractivity contribution is -0.139. The SMILES string of the molecule is CNC(=O)[C@@H](Cc1ccccc1)N(Cc1ccc(Br)cc1)C(=O)CN(c1ccc(F)cc1)S(=O)(=O)c1ccc(C)cc1. The summed E-state index contributed by atoms with van der Waals surface area (Å²) in [6.07, 6.45) is 0.212. The molecule has 4 aromatic carbocycles. The molecule has 0 radical (unpaired) electrons. The van der Waals surface area contributed by atoms with Crippen LogP contribution in [-0.2, 0) is 32.6 Å². The second-order valence-electron chi connectivity index (χ2n) is 9.77. The van der Waals surface area contributed by atoms with Gasteiger partial charge in [0.1, 0.15) is 18.4 Å². The van der Waals surface area contributed by atoms with E-state index in [-0.39, 0.29) is 29.5 Å². The summed E-state index contributed by atoms with van der Waals surface area (Å²) in [6.45, 7) is 1.28. The molecule has 0 aliphatic rings. The van der Waals surface area contributed by atoms with Crippen LogP contribution in [0.3, 0.4) is 0 Å². The quantitative estimate of drug-likeness (QED) is 0.233. The standard InChI is InChI=1S/C32H31BrFN3O4S/c1-23-8-18-29(19-9-23)42(40,41)37(28-16-14-27(34)15-17-28)22-31(38)36(21-25-10-12-26(33)13-11-25)30(32(39)35-2)20-24-6-4-3-5-7-24/h3-19,30H,20-22H2,1-2H3,(H,35,39)/t30-/m1/s1. The molecule has 2 amide bonds. The van der Waals surface area contributed by atoms with Crippen LogP contribution in [0.4, 0.5) is 10.1 Å². The zero-order valence-electron chi connectivity index (χ0n) is 23.2. The van der Waals surface area contributed by atoms with E-state index in [1.165, 1.54) is 36.2 Å². The van der Waals surface area contributed by atoms with E-state index < -0.39 is 34.3 Å². The fraction of sp³-hybridized carbons (Fsp3) is 0.188. The Hall–Kier alpha value is -4.02. The Labute approximate surface area is 254 Å². The normalized spacial score (nSPS) is 11.9. The summed E-state index contributed by atoms with van der Waals surface area (Å²) >= 11 is 3.42. The third-order valence-corrected chi connectivity index (χ3v) is 9.10. The van der Waals surface area contributed by atoms with Gasteiger partial charge < -0.3 is 10.2 Å². The molecular weight excluding hydrogens is 621 g/mol. The highest BCUT2D eigenvalue weighted by Crippen LogP contribution is 2.26. The molecule has 10 heteroatoms. The maximum atomic E-state index is 14.2. The first-order valence-electron chi connectivity index (χ1n) is 13.2. The highest BCUT2D eigenvalue weighted by Gasteiger charge is 2.34. The van der Waals surface area contributed by atoms with Gasteiger partial charge in [-0.15, -0.1) is 0 Å². The number of rotatable bonds is 11. The molecule has 7 nitrogen and oxygen atoms in total. The highest BCUT2D eigenvalue weighted by atomic mass is 79.9. The molecule has 0 aliphatic carbocycles. The van der Waals surface area contributed by atoms with Gasteiger partial charge in [0.2, 0.25) is 11.8 Å². The number of nitrogens with one attached hydrogen (secondary N) is 1. The summed E-state index contributed by atoms with van der Waals surface area (Å²) < 4.78 is 43.5. The molecule has 0 aromatic heterocycles. The van der Waals surface area contributed by atoms with Gasteiger partial charge in [-0.05, 0) is 66.6 Å². The first-order chi connectivity index (χ1) is 20.1. The Morgan fingerprint density at radius 2 is 1.48 bits per heavy atom. The maximum absolute atomic E-state index is 14.2. The minimum absolute atomic E-state index is 0.0168. The van der Waals surface area contributed by atoms with Crippen molar-refractivity contribution in [2.75, 3.05) is 17.9 Å². The van der Waals surface area contributed by atoms with Gasteiger partial charge in [-0.3, -0.25) is 13.9 Å². The zero-order valence-corrected chi connectivity index (χ0v) is 25.6. The Balaban J connectivity index is 1.77. The molecule has 0 saturated carbocycles. The van der Waals surface area contributed by atoms with E-state index >= 15 is 0 Å². The summed E-state index contributed by atoms with van der Waals surface area (Å²) in [5, 5.41) is 2.65. The number of hydrogen-bond donors (Lipinski definition) is 1. The lowest BCUT2D eigenvalue weighted by atomic mass is 10.0. The number of sulfonamides is 1. The second-order valence-corrected chi connectivity index (χ2v) is 12.5. The van der Waals surface area contributed by atoms with E-state index in [9.17, 15) is 22.4 Å². The summed E-state index contributed by atoms with van der Waals surface area (Å²) in [5.74, 6) is -1.53. The third-order valence-electron chi connectivity index (χ3n) is 6.79. The van der Waals surface area contributed by atoms with Crippen LogP contribution in [0.2, 0.25) is 0 Å². The number of likely N-dealkylation sites (N-methyl/N-ethyl adjacent to an activating group) is 1. The van der Waals surface area contributed by atoms with Gasteiger partial charge in [-0.1, -0.05) is 76.1 Å². The lowest BCUT2D eigenvalue weighted by Crippen LogP contribution is -2.53. The van der Waals surface area contributed by atoms with Crippen LogP contribution < -0.4 is 9.62 Å². The van der Waals surface area contributed by atoms with Gasteiger partial charge in [0.05, 0.1) is 10.6 Å². The average molecular weight is 653 g/mol. The molecule has 0 bridgehead atoms. The Bertz CT molecular complexity index is 1620. The summed E-state index contributed by atoms with van der Waals surface area (Å²) in [4.78, 5) is 28.9. The number of halogens is 2. The van der Waals surface area contributed by atoms with Crippen molar-refractivity contribution in [3.63, 3.8) is 0 Å². The van der Waals surface area contributed by atoms with E-state index in [0.717, 1.165) is 37.6 Å². The molecule has 0 heterocycles. The van der Waals surface area contributed by atoms with Crippen molar-refractivity contribution in [1.29, 1.82) is 0 Å². The van der Waals surface area contributed by atoms with Crippen molar-refractivity contribution < 1.29 is 22.4 Å². The van der Waals surface area contributed by atoms with Crippen LogP contribution in [-0.4, -0.2) is 44.8 Å². The van der Waals surface area contributed by atoms with Gasteiger partial charge in [-0.25, -0.2) is 12.8 Å². The molecule has 0 spiro atoms. The monoisotopic (exact) mass is 651 g/mol. The Morgan fingerprint density at radius 3 is 2.07 bits per heavy atom. The van der Waals surface area contributed by atoms with Gasteiger partial charge in [0.25, 0.3) is 10.0 Å². The van der Waals surface area contributed by atoms with E-state index in [1.54, 1.807) is 12.1 Å². The molecule has 4 rings (SSSR count). The van der Waals surface area contributed by atoms with Crippen LogP contribution >= 0.6 is 15.9 Å². The van der Waals surface area contributed by atoms with E-state index in [2.05, 4.69) is 21.2 Å². The molecule has 1 N–H and O–H groups in total. The van der Waals surface area contributed by atoms with Crippen LogP contribution in [0.15, 0.2) is 112 Å².